The molecule has 2 heterocycles. The number of β-amino-alcohol motifs (C(OH)–C–C–N with tert-alkyl or cyclic N) is 1. The van der Waals surface area contributed by atoms with Crippen LogP contribution < -0.4 is 5.32 Å². The van der Waals surface area contributed by atoms with Crippen molar-refractivity contribution in [2.24, 2.45) is 0 Å². The van der Waals surface area contributed by atoms with Gasteiger partial charge < -0.3 is 15.2 Å². The van der Waals surface area contributed by atoms with Crippen LogP contribution in [0.15, 0.2) is 29.2 Å². The van der Waals surface area contributed by atoms with Crippen molar-refractivity contribution in [1.82, 2.24) is 9.62 Å². The van der Waals surface area contributed by atoms with E-state index in [-0.39, 0.29) is 23.4 Å². The number of piperidine rings is 1. The third kappa shape index (κ3) is 4.38. The number of hydrogen-bond donors (Lipinski definition) is 2. The Labute approximate surface area is 148 Å². The normalized spacial score (nSPS) is 23.3. The molecule has 1 amide bonds. The second-order valence-corrected chi connectivity index (χ2v) is 8.48. The molecule has 2 fully saturated rings. The Kier molecular flexibility index (Phi) is 5.73. The predicted molar refractivity (Wildman–Crippen MR) is 91.7 cm³/mol. The lowest BCUT2D eigenvalue weighted by Crippen LogP contribution is -2.42. The van der Waals surface area contributed by atoms with E-state index in [1.165, 1.54) is 16.4 Å². The predicted octanol–water partition coefficient (Wildman–Crippen LogP) is 0.741. The number of hydrogen-bond acceptors (Lipinski definition) is 5. The zero-order valence-corrected chi connectivity index (χ0v) is 14.9. The summed E-state index contributed by atoms with van der Waals surface area (Å²) in [6.07, 6.45) is 2.12. The molecule has 0 radical (unpaired) electrons. The van der Waals surface area contributed by atoms with E-state index in [9.17, 15) is 18.3 Å². The highest BCUT2D eigenvalue weighted by molar-refractivity contribution is 7.89. The fourth-order valence-corrected chi connectivity index (χ4v) is 4.76. The number of benzene rings is 1. The average Bonchev–Trinajstić information content (AvgIpc) is 2.62. The molecule has 1 aromatic carbocycles. The number of carbonyl (C=O) groups is 1. The number of sulfonamides is 1. The lowest BCUT2D eigenvalue weighted by Gasteiger charge is -2.29. The quantitative estimate of drug-likeness (QED) is 0.817. The monoisotopic (exact) mass is 368 g/mol. The Morgan fingerprint density at radius 3 is 2.72 bits per heavy atom. The summed E-state index contributed by atoms with van der Waals surface area (Å²) in [5, 5.41) is 12.7. The Morgan fingerprint density at radius 1 is 1.24 bits per heavy atom. The number of nitrogens with one attached hydrogen (secondary N) is 1. The zero-order valence-electron chi connectivity index (χ0n) is 14.1. The Morgan fingerprint density at radius 2 is 2.00 bits per heavy atom. The number of rotatable bonds is 4. The first-order valence-electron chi connectivity index (χ1n) is 8.64. The van der Waals surface area contributed by atoms with Crippen molar-refractivity contribution in [2.45, 2.75) is 42.7 Å². The number of nitrogens with zero attached hydrogens (tertiary/aromatic N) is 1. The van der Waals surface area contributed by atoms with Gasteiger partial charge in [0.25, 0.3) is 5.91 Å². The fraction of sp³-hybridized carbons (Fsp3) is 0.588. The summed E-state index contributed by atoms with van der Waals surface area (Å²) in [4.78, 5) is 12.5. The second kappa shape index (κ2) is 7.82. The first-order chi connectivity index (χ1) is 12.0. The van der Waals surface area contributed by atoms with Crippen LogP contribution in [0.1, 0.15) is 36.0 Å². The molecule has 0 spiro atoms. The largest absolute Gasteiger partial charge is 0.392 e. The van der Waals surface area contributed by atoms with Gasteiger partial charge in [-0.3, -0.25) is 4.79 Å². The molecule has 1 atom stereocenters. The maximum absolute atomic E-state index is 12.8. The van der Waals surface area contributed by atoms with Gasteiger partial charge in [0, 0.05) is 37.9 Å². The van der Waals surface area contributed by atoms with E-state index < -0.39 is 16.1 Å². The fourth-order valence-electron chi connectivity index (χ4n) is 3.20. The molecule has 7 nitrogen and oxygen atoms in total. The highest BCUT2D eigenvalue weighted by Crippen LogP contribution is 2.21. The third-order valence-corrected chi connectivity index (χ3v) is 6.51. The summed E-state index contributed by atoms with van der Waals surface area (Å²) in [5.41, 5.74) is 0.324. The van der Waals surface area contributed by atoms with Crippen LogP contribution in [0.2, 0.25) is 0 Å². The van der Waals surface area contributed by atoms with Crippen LogP contribution in [0.4, 0.5) is 0 Å². The van der Waals surface area contributed by atoms with Crippen LogP contribution in [0.25, 0.3) is 0 Å². The Bertz CT molecular complexity index is 716. The number of aliphatic hydroxyl groups is 1. The lowest BCUT2D eigenvalue weighted by molar-refractivity contribution is 0.0696. The minimum atomic E-state index is -3.71. The summed E-state index contributed by atoms with van der Waals surface area (Å²) < 4.78 is 32.1. The zero-order chi connectivity index (χ0) is 17.9. The van der Waals surface area contributed by atoms with Crippen LogP contribution in [0, 0.1) is 0 Å². The molecule has 1 aromatic rings. The molecular weight excluding hydrogens is 344 g/mol. The molecule has 2 aliphatic rings. The first kappa shape index (κ1) is 18.3. The van der Waals surface area contributed by atoms with E-state index >= 15 is 0 Å². The van der Waals surface area contributed by atoms with Crippen LogP contribution >= 0.6 is 0 Å². The van der Waals surface area contributed by atoms with Crippen LogP contribution in [0.3, 0.4) is 0 Å². The molecule has 8 heteroatoms. The summed E-state index contributed by atoms with van der Waals surface area (Å²) in [5.74, 6) is -0.275. The topological polar surface area (TPSA) is 95.9 Å². The first-order valence-corrected chi connectivity index (χ1v) is 10.1. The summed E-state index contributed by atoms with van der Waals surface area (Å²) in [6.45, 7) is 1.73. The van der Waals surface area contributed by atoms with Gasteiger partial charge in [-0.2, -0.15) is 4.31 Å². The van der Waals surface area contributed by atoms with Crippen molar-refractivity contribution >= 4 is 15.9 Å². The molecule has 2 N–H and O–H groups in total. The van der Waals surface area contributed by atoms with Crippen LogP contribution in [0.5, 0.6) is 0 Å². The molecule has 2 saturated heterocycles. The number of aliphatic hydroxyl groups excluding tert-OH is 1. The number of ether oxygens (including phenoxy) is 1. The van der Waals surface area contributed by atoms with Crippen molar-refractivity contribution in [3.05, 3.63) is 29.8 Å². The van der Waals surface area contributed by atoms with Crippen LogP contribution in [-0.2, 0) is 14.8 Å². The van der Waals surface area contributed by atoms with Crippen molar-refractivity contribution < 1.29 is 23.1 Å². The van der Waals surface area contributed by atoms with E-state index in [4.69, 9.17) is 4.74 Å². The van der Waals surface area contributed by atoms with Gasteiger partial charge in [0.15, 0.2) is 0 Å². The van der Waals surface area contributed by atoms with Gasteiger partial charge in [-0.15, -0.1) is 0 Å². The Hall–Kier alpha value is -1.48. The molecule has 1 unspecified atom stereocenters. The highest BCUT2D eigenvalue weighted by atomic mass is 32.2. The summed E-state index contributed by atoms with van der Waals surface area (Å²) in [7, 11) is -3.71. The number of amides is 1. The molecular formula is C17H24N2O5S. The molecule has 0 saturated carbocycles. The third-order valence-electron chi connectivity index (χ3n) is 4.65. The molecule has 138 valence electrons. The average molecular weight is 368 g/mol. The van der Waals surface area contributed by atoms with Gasteiger partial charge in [-0.1, -0.05) is 6.07 Å². The van der Waals surface area contributed by atoms with Gasteiger partial charge in [0.2, 0.25) is 10.0 Å². The van der Waals surface area contributed by atoms with Crippen LogP contribution in [-0.4, -0.2) is 62.2 Å². The lowest BCUT2D eigenvalue weighted by atomic mass is 10.1. The molecule has 2 aliphatic heterocycles. The summed E-state index contributed by atoms with van der Waals surface area (Å²) in [6, 6.07) is 6.14. The van der Waals surface area contributed by atoms with Crippen molar-refractivity contribution in [3.8, 4) is 0 Å². The van der Waals surface area contributed by atoms with Gasteiger partial charge in [-0.05, 0) is 43.9 Å². The number of carbonyl (C=O) groups excluding carboxylic acids is 1. The van der Waals surface area contributed by atoms with Gasteiger partial charge in [0.05, 0.1) is 11.0 Å². The van der Waals surface area contributed by atoms with E-state index in [2.05, 4.69) is 5.32 Å². The van der Waals surface area contributed by atoms with Gasteiger partial charge in [0.1, 0.15) is 0 Å². The standard InChI is InChI=1S/C17H24N2O5S/c20-15-4-2-8-19(12-15)25(22,23)16-5-1-3-13(11-16)17(21)18-14-6-9-24-10-7-14/h1,3,5,11,14-15,20H,2,4,6-10,12H2,(H,18,21). The molecule has 25 heavy (non-hydrogen) atoms. The minimum absolute atomic E-state index is 0.0544. The van der Waals surface area contributed by atoms with E-state index in [0.29, 0.717) is 38.2 Å². The molecule has 0 bridgehead atoms. The molecule has 0 aliphatic carbocycles. The van der Waals surface area contributed by atoms with Gasteiger partial charge >= 0.3 is 0 Å². The highest BCUT2D eigenvalue weighted by Gasteiger charge is 2.30. The van der Waals surface area contributed by atoms with E-state index in [1.807, 2.05) is 0 Å². The van der Waals surface area contributed by atoms with E-state index in [1.54, 1.807) is 12.1 Å². The molecule has 3 rings (SSSR count). The second-order valence-electron chi connectivity index (χ2n) is 6.55. The smallest absolute Gasteiger partial charge is 0.251 e. The van der Waals surface area contributed by atoms with Crippen molar-refractivity contribution in [1.29, 1.82) is 0 Å². The maximum atomic E-state index is 12.8. The Balaban J connectivity index is 1.75. The maximum Gasteiger partial charge on any atom is 0.251 e. The van der Waals surface area contributed by atoms with Crippen molar-refractivity contribution in [3.63, 3.8) is 0 Å². The minimum Gasteiger partial charge on any atom is -0.392 e. The van der Waals surface area contributed by atoms with Gasteiger partial charge in [-0.25, -0.2) is 8.42 Å². The van der Waals surface area contributed by atoms with E-state index in [0.717, 1.165) is 12.8 Å². The van der Waals surface area contributed by atoms with Crippen molar-refractivity contribution in [2.75, 3.05) is 26.3 Å². The SMILES string of the molecule is O=C(NC1CCOCC1)c1cccc(S(=O)(=O)N2CCCC(O)C2)c1. The summed E-state index contributed by atoms with van der Waals surface area (Å²) >= 11 is 0. The molecule has 0 aromatic heterocycles.